The molecule has 0 saturated carbocycles. The van der Waals surface area contributed by atoms with Crippen LogP contribution in [0.1, 0.15) is 27.9 Å². The van der Waals surface area contributed by atoms with Crippen LogP contribution in [0.5, 0.6) is 0 Å². The van der Waals surface area contributed by atoms with Gasteiger partial charge in [0.1, 0.15) is 0 Å². The predicted molar refractivity (Wildman–Crippen MR) is 58.5 cm³/mol. The molecule has 3 heteroatoms. The van der Waals surface area contributed by atoms with Crippen LogP contribution in [0, 0.1) is 25.2 Å². The van der Waals surface area contributed by atoms with Gasteiger partial charge in [-0.15, -0.1) is 0 Å². The maximum atomic E-state index is 11.6. The molecule has 1 rings (SSSR count). The van der Waals surface area contributed by atoms with Crippen molar-refractivity contribution in [2.45, 2.75) is 20.3 Å². The highest BCUT2D eigenvalue weighted by Crippen LogP contribution is 2.09. The van der Waals surface area contributed by atoms with E-state index in [9.17, 15) is 4.79 Å². The van der Waals surface area contributed by atoms with Crippen molar-refractivity contribution in [3.05, 3.63) is 34.9 Å². The summed E-state index contributed by atoms with van der Waals surface area (Å²) in [6.45, 7) is 4.39. The first kappa shape index (κ1) is 11.3. The molecule has 0 aromatic heterocycles. The number of carbonyl (C=O) groups excluding carboxylic acids is 1. The molecule has 0 heterocycles. The second kappa shape index (κ2) is 5.16. The lowest BCUT2D eigenvalue weighted by atomic mass is 10.1. The highest BCUT2D eigenvalue weighted by atomic mass is 16.1. The van der Waals surface area contributed by atoms with Gasteiger partial charge in [0.2, 0.25) is 0 Å². The summed E-state index contributed by atoms with van der Waals surface area (Å²) in [5.41, 5.74) is 2.92. The number of rotatable bonds is 3. The van der Waals surface area contributed by atoms with Gasteiger partial charge in [0.25, 0.3) is 5.91 Å². The van der Waals surface area contributed by atoms with E-state index in [1.54, 1.807) is 6.07 Å². The van der Waals surface area contributed by atoms with Crippen LogP contribution in [0.4, 0.5) is 0 Å². The third-order valence-electron chi connectivity index (χ3n) is 2.29. The number of nitrogens with zero attached hydrogens (tertiary/aromatic N) is 1. The summed E-state index contributed by atoms with van der Waals surface area (Å²) in [7, 11) is 0. The Balaban J connectivity index is 2.67. The van der Waals surface area contributed by atoms with E-state index in [4.69, 9.17) is 5.26 Å². The highest BCUT2D eigenvalue weighted by Gasteiger charge is 2.05. The van der Waals surface area contributed by atoms with Crippen LogP contribution in [0.3, 0.4) is 0 Å². The van der Waals surface area contributed by atoms with Crippen molar-refractivity contribution in [3.8, 4) is 6.07 Å². The average Bonchev–Trinajstić information content (AvgIpc) is 2.22. The Kier molecular flexibility index (Phi) is 3.87. The quantitative estimate of drug-likeness (QED) is 0.761. The van der Waals surface area contributed by atoms with E-state index in [1.165, 1.54) is 5.56 Å². The van der Waals surface area contributed by atoms with Gasteiger partial charge in [-0.2, -0.15) is 5.26 Å². The summed E-state index contributed by atoms with van der Waals surface area (Å²) in [5.74, 6) is -0.117. The number of benzene rings is 1. The molecule has 0 unspecified atom stereocenters. The predicted octanol–water partition coefficient (Wildman–Crippen LogP) is 1.95. The standard InChI is InChI=1S/C12H14N2O/c1-9-4-5-11(8-10(9)2)12(15)14-7-3-6-13/h4-5,8H,3,7H2,1-2H3,(H,14,15). The van der Waals surface area contributed by atoms with Crippen molar-refractivity contribution in [1.82, 2.24) is 5.32 Å². The molecule has 0 spiro atoms. The zero-order chi connectivity index (χ0) is 11.3. The molecule has 0 atom stereocenters. The SMILES string of the molecule is Cc1ccc(C(=O)NCCC#N)cc1C. The van der Waals surface area contributed by atoms with Crippen LogP contribution in [0.15, 0.2) is 18.2 Å². The van der Waals surface area contributed by atoms with Crippen LogP contribution in [0.2, 0.25) is 0 Å². The van der Waals surface area contributed by atoms with Gasteiger partial charge in [-0.25, -0.2) is 0 Å². The van der Waals surface area contributed by atoms with Gasteiger partial charge in [0.15, 0.2) is 0 Å². The van der Waals surface area contributed by atoms with Gasteiger partial charge in [-0.3, -0.25) is 4.79 Å². The third-order valence-corrected chi connectivity index (χ3v) is 2.29. The van der Waals surface area contributed by atoms with Gasteiger partial charge in [-0.1, -0.05) is 6.07 Å². The number of hydrogen-bond donors (Lipinski definition) is 1. The molecule has 15 heavy (non-hydrogen) atoms. The molecule has 1 N–H and O–H groups in total. The van der Waals surface area contributed by atoms with Crippen molar-refractivity contribution in [1.29, 1.82) is 5.26 Å². The first-order valence-corrected chi connectivity index (χ1v) is 4.87. The van der Waals surface area contributed by atoms with Crippen molar-refractivity contribution in [3.63, 3.8) is 0 Å². The lowest BCUT2D eigenvalue weighted by Crippen LogP contribution is -2.24. The monoisotopic (exact) mass is 202 g/mol. The molecule has 0 aliphatic rings. The Morgan fingerprint density at radius 1 is 1.40 bits per heavy atom. The molecule has 1 aromatic carbocycles. The minimum atomic E-state index is -0.117. The fourth-order valence-electron chi connectivity index (χ4n) is 1.22. The summed E-state index contributed by atoms with van der Waals surface area (Å²) in [6, 6.07) is 7.56. The van der Waals surface area contributed by atoms with E-state index in [2.05, 4.69) is 5.32 Å². The number of nitrogens with one attached hydrogen (secondary N) is 1. The molecular weight excluding hydrogens is 188 g/mol. The second-order valence-electron chi connectivity index (χ2n) is 3.46. The molecule has 1 aromatic rings. The summed E-state index contributed by atoms with van der Waals surface area (Å²) < 4.78 is 0. The molecule has 0 saturated heterocycles. The van der Waals surface area contributed by atoms with Crippen molar-refractivity contribution >= 4 is 5.91 Å². The van der Waals surface area contributed by atoms with Crippen LogP contribution in [-0.2, 0) is 0 Å². The van der Waals surface area contributed by atoms with Gasteiger partial charge >= 0.3 is 0 Å². The lowest BCUT2D eigenvalue weighted by Gasteiger charge is -2.05. The number of nitriles is 1. The Morgan fingerprint density at radius 3 is 2.73 bits per heavy atom. The summed E-state index contributed by atoms with van der Waals surface area (Å²) in [6.07, 6.45) is 0.344. The van der Waals surface area contributed by atoms with E-state index in [0.717, 1.165) is 5.56 Å². The lowest BCUT2D eigenvalue weighted by molar-refractivity contribution is 0.0954. The van der Waals surface area contributed by atoms with Crippen molar-refractivity contribution in [2.75, 3.05) is 6.54 Å². The molecule has 3 nitrogen and oxygen atoms in total. The van der Waals surface area contributed by atoms with Crippen LogP contribution in [0.25, 0.3) is 0 Å². The Morgan fingerprint density at radius 2 is 2.13 bits per heavy atom. The molecular formula is C12H14N2O. The van der Waals surface area contributed by atoms with E-state index >= 15 is 0 Å². The third kappa shape index (κ3) is 3.10. The van der Waals surface area contributed by atoms with Gasteiger partial charge < -0.3 is 5.32 Å². The minimum Gasteiger partial charge on any atom is -0.351 e. The normalized spacial score (nSPS) is 9.40. The fourth-order valence-corrected chi connectivity index (χ4v) is 1.22. The molecule has 0 aliphatic heterocycles. The van der Waals surface area contributed by atoms with E-state index < -0.39 is 0 Å². The molecule has 0 fully saturated rings. The summed E-state index contributed by atoms with van der Waals surface area (Å²) in [4.78, 5) is 11.6. The van der Waals surface area contributed by atoms with E-state index in [0.29, 0.717) is 18.5 Å². The minimum absolute atomic E-state index is 0.117. The molecule has 0 radical (unpaired) electrons. The Labute approximate surface area is 89.7 Å². The largest absolute Gasteiger partial charge is 0.351 e. The number of amides is 1. The van der Waals surface area contributed by atoms with Gasteiger partial charge in [-0.05, 0) is 37.1 Å². The smallest absolute Gasteiger partial charge is 0.251 e. The number of hydrogen-bond acceptors (Lipinski definition) is 2. The van der Waals surface area contributed by atoms with Gasteiger partial charge in [0, 0.05) is 12.1 Å². The first-order valence-electron chi connectivity index (χ1n) is 4.87. The number of carbonyl (C=O) groups is 1. The molecule has 0 aliphatic carbocycles. The molecule has 78 valence electrons. The first-order chi connectivity index (χ1) is 7.15. The van der Waals surface area contributed by atoms with Gasteiger partial charge in [0.05, 0.1) is 12.5 Å². The number of aryl methyl sites for hydroxylation is 2. The topological polar surface area (TPSA) is 52.9 Å². The zero-order valence-corrected chi connectivity index (χ0v) is 9.00. The average molecular weight is 202 g/mol. The maximum absolute atomic E-state index is 11.6. The Hall–Kier alpha value is -1.82. The van der Waals surface area contributed by atoms with Crippen LogP contribution < -0.4 is 5.32 Å². The molecule has 0 bridgehead atoms. The highest BCUT2D eigenvalue weighted by molar-refractivity contribution is 5.94. The zero-order valence-electron chi connectivity index (χ0n) is 9.00. The summed E-state index contributed by atoms with van der Waals surface area (Å²) >= 11 is 0. The fraction of sp³-hybridized carbons (Fsp3) is 0.333. The Bertz CT molecular complexity index is 405. The van der Waals surface area contributed by atoms with Crippen LogP contribution in [-0.4, -0.2) is 12.5 Å². The van der Waals surface area contributed by atoms with Crippen molar-refractivity contribution in [2.24, 2.45) is 0 Å². The van der Waals surface area contributed by atoms with Crippen molar-refractivity contribution < 1.29 is 4.79 Å². The molecule has 1 amide bonds. The summed E-state index contributed by atoms with van der Waals surface area (Å²) in [5, 5.41) is 11.0. The van der Waals surface area contributed by atoms with Crippen LogP contribution >= 0.6 is 0 Å². The van der Waals surface area contributed by atoms with E-state index in [1.807, 2.05) is 32.0 Å². The maximum Gasteiger partial charge on any atom is 0.251 e. The van der Waals surface area contributed by atoms with E-state index in [-0.39, 0.29) is 5.91 Å². The second-order valence-corrected chi connectivity index (χ2v) is 3.46.